The van der Waals surface area contributed by atoms with E-state index in [1.807, 2.05) is 47.6 Å². The van der Waals surface area contributed by atoms with Gasteiger partial charge in [0, 0.05) is 20.3 Å². The molecule has 0 aromatic heterocycles. The zero-order chi connectivity index (χ0) is 24.1. The van der Waals surface area contributed by atoms with E-state index < -0.39 is 0 Å². The molecule has 5 heteroatoms. The summed E-state index contributed by atoms with van der Waals surface area (Å²) in [6.07, 6.45) is 6.81. The number of ether oxygens (including phenoxy) is 1. The maximum absolute atomic E-state index is 10.3. The van der Waals surface area contributed by atoms with E-state index in [2.05, 4.69) is 20.8 Å². The molecule has 1 amide bonds. The van der Waals surface area contributed by atoms with Crippen molar-refractivity contribution >= 4 is 6.41 Å². The molecule has 0 bridgehead atoms. The van der Waals surface area contributed by atoms with Crippen LogP contribution in [0.25, 0.3) is 0 Å². The predicted octanol–water partition coefficient (Wildman–Crippen LogP) is 6.27. The average Bonchev–Trinajstić information content (AvgIpc) is 2.76. The van der Waals surface area contributed by atoms with Crippen LogP contribution in [0.2, 0.25) is 0 Å². The monoisotopic (exact) mass is 417 g/mol. The van der Waals surface area contributed by atoms with Crippen LogP contribution in [0.1, 0.15) is 101 Å². The Morgan fingerprint density at radius 3 is 1.79 bits per heavy atom. The van der Waals surface area contributed by atoms with Gasteiger partial charge in [-0.3, -0.25) is 4.79 Å². The fourth-order valence-electron chi connectivity index (χ4n) is 2.52. The smallest absolute Gasteiger partial charge is 0.210 e. The Kier molecular flexibility index (Phi) is 49.9. The van der Waals surface area contributed by atoms with Gasteiger partial charge in [0.25, 0.3) is 0 Å². The van der Waals surface area contributed by atoms with E-state index in [4.69, 9.17) is 15.7 Å². The molecule has 0 aliphatic carbocycles. The molecular weight excluding hydrogens is 362 g/mol. The second-order valence-electron chi connectivity index (χ2n) is 6.27. The van der Waals surface area contributed by atoms with Crippen LogP contribution in [0.15, 0.2) is 0 Å². The zero-order valence-electron chi connectivity index (χ0n) is 21.8. The molecule has 5 nitrogen and oxygen atoms in total. The first kappa shape index (κ1) is 38.5. The molecule has 0 saturated heterocycles. The summed E-state index contributed by atoms with van der Waals surface area (Å²) in [7, 11) is 1.79. The van der Waals surface area contributed by atoms with Crippen LogP contribution in [-0.4, -0.2) is 44.2 Å². The zero-order valence-corrected chi connectivity index (χ0v) is 21.8. The molecule has 0 fully saturated rings. The molecule has 0 radical (unpaired) electrons. The fraction of sp³-hybridized carbons (Fsp3) is 0.917. The van der Waals surface area contributed by atoms with E-state index in [1.165, 1.54) is 30.6 Å². The molecule has 0 saturated carbocycles. The summed E-state index contributed by atoms with van der Waals surface area (Å²) in [6, 6.07) is 1.70. The number of hydrogen-bond acceptors (Lipinski definition) is 4. The second kappa shape index (κ2) is 37.6. The highest BCUT2D eigenvalue weighted by Gasteiger charge is 2.13. The summed E-state index contributed by atoms with van der Waals surface area (Å²) in [5, 5.41) is 8.41. The van der Waals surface area contributed by atoms with E-state index in [-0.39, 0.29) is 6.04 Å². The fourth-order valence-corrected chi connectivity index (χ4v) is 2.52. The number of amides is 1. The lowest BCUT2D eigenvalue weighted by Gasteiger charge is -2.21. The van der Waals surface area contributed by atoms with Gasteiger partial charge >= 0.3 is 0 Å². The third-order valence-electron chi connectivity index (χ3n) is 4.07. The van der Waals surface area contributed by atoms with Gasteiger partial charge in [0.1, 0.15) is 6.04 Å². The van der Waals surface area contributed by atoms with Gasteiger partial charge in [-0.2, -0.15) is 5.26 Å². The second-order valence-corrected chi connectivity index (χ2v) is 6.27. The number of carbonyl (C=O) groups is 1. The first-order valence-corrected chi connectivity index (χ1v) is 11.7. The minimum atomic E-state index is -0.294. The molecule has 29 heavy (non-hydrogen) atoms. The third kappa shape index (κ3) is 31.8. The molecule has 0 aromatic carbocycles. The van der Waals surface area contributed by atoms with E-state index in [0.29, 0.717) is 6.54 Å². The van der Waals surface area contributed by atoms with E-state index in [1.54, 1.807) is 14.0 Å². The van der Waals surface area contributed by atoms with Gasteiger partial charge in [0.15, 0.2) is 0 Å². The average molecular weight is 418 g/mol. The molecule has 0 spiro atoms. The highest BCUT2D eigenvalue weighted by Crippen LogP contribution is 2.23. The number of carbonyl (C=O) groups excluding carboxylic acids is 1. The molecule has 0 aliphatic heterocycles. The number of hydrogen-bond donors (Lipinski definition) is 1. The van der Waals surface area contributed by atoms with Gasteiger partial charge in [-0.25, -0.2) is 0 Å². The van der Waals surface area contributed by atoms with Crippen LogP contribution in [0, 0.1) is 23.2 Å². The summed E-state index contributed by atoms with van der Waals surface area (Å²) in [4.78, 5) is 11.8. The van der Waals surface area contributed by atoms with E-state index in [0.717, 1.165) is 37.8 Å². The van der Waals surface area contributed by atoms with Crippen LogP contribution >= 0.6 is 0 Å². The molecule has 0 rings (SSSR count). The quantitative estimate of drug-likeness (QED) is 0.402. The van der Waals surface area contributed by atoms with Gasteiger partial charge in [0.2, 0.25) is 6.41 Å². The van der Waals surface area contributed by atoms with Crippen LogP contribution in [-0.2, 0) is 9.53 Å². The first-order valence-electron chi connectivity index (χ1n) is 11.7. The van der Waals surface area contributed by atoms with Crippen molar-refractivity contribution in [2.75, 3.05) is 26.8 Å². The Morgan fingerprint density at radius 2 is 1.52 bits per heavy atom. The molecule has 178 valence electrons. The van der Waals surface area contributed by atoms with Crippen LogP contribution in [0.5, 0.6) is 0 Å². The van der Waals surface area contributed by atoms with Crippen molar-refractivity contribution in [3.05, 3.63) is 0 Å². The molecule has 2 N–H and O–H groups in total. The predicted molar refractivity (Wildman–Crippen MR) is 130 cm³/mol. The van der Waals surface area contributed by atoms with E-state index >= 15 is 0 Å². The van der Waals surface area contributed by atoms with Crippen molar-refractivity contribution in [3.63, 3.8) is 0 Å². The SMILES string of the molecule is CC.CC.CCCN(C=O)C(C)C#N.CCC[C@@H](C)[C@H](CC)CCOC.CCN. The summed E-state index contributed by atoms with van der Waals surface area (Å²) in [5.74, 6) is 1.74. The van der Waals surface area contributed by atoms with Gasteiger partial charge in [-0.05, 0) is 38.1 Å². The Bertz CT molecular complexity index is 307. The Morgan fingerprint density at radius 1 is 1.03 bits per heavy atom. The lowest BCUT2D eigenvalue weighted by atomic mass is 9.86. The first-order chi connectivity index (χ1) is 13.9. The third-order valence-corrected chi connectivity index (χ3v) is 4.07. The maximum Gasteiger partial charge on any atom is 0.210 e. The molecule has 0 aliphatic rings. The normalized spacial score (nSPS) is 11.7. The summed E-state index contributed by atoms with van der Waals surface area (Å²) in [6.45, 7) is 22.8. The molecule has 0 heterocycles. The van der Waals surface area contributed by atoms with Gasteiger partial charge < -0.3 is 15.4 Å². The number of rotatable bonds is 11. The molecule has 0 aromatic rings. The lowest BCUT2D eigenvalue weighted by molar-refractivity contribution is -0.119. The summed E-state index contributed by atoms with van der Waals surface area (Å²) < 4.78 is 5.10. The Labute approximate surface area is 184 Å². The van der Waals surface area contributed by atoms with Crippen molar-refractivity contribution < 1.29 is 9.53 Å². The standard InChI is InChI=1S/C11H24O.C7H12N2O.C2H7N.2C2H6/c1-5-7-10(3)11(6-2)8-9-12-4;1-3-4-9(6-10)7(2)5-8;1-2-3;2*1-2/h10-11H,5-9H2,1-4H3;6-7H,3-4H2,1-2H3;2-3H2,1H3;2*1-2H3/t10-,11-;;;;/m1..../s1. The van der Waals surface area contributed by atoms with Crippen molar-refractivity contribution in [3.8, 4) is 6.07 Å². The number of methoxy groups -OCH3 is 1. The number of nitrogens with two attached hydrogens (primary N) is 1. The minimum Gasteiger partial charge on any atom is -0.385 e. The highest BCUT2D eigenvalue weighted by atomic mass is 16.5. The van der Waals surface area contributed by atoms with Crippen LogP contribution in [0.4, 0.5) is 0 Å². The molecule has 3 atom stereocenters. The van der Waals surface area contributed by atoms with Gasteiger partial charge in [-0.15, -0.1) is 0 Å². The van der Waals surface area contributed by atoms with Crippen molar-refractivity contribution in [2.24, 2.45) is 17.6 Å². The van der Waals surface area contributed by atoms with Crippen molar-refractivity contribution in [1.29, 1.82) is 5.26 Å². The minimum absolute atomic E-state index is 0.294. The Hall–Kier alpha value is -1.12. The van der Waals surface area contributed by atoms with Gasteiger partial charge in [0.05, 0.1) is 6.07 Å². The van der Waals surface area contributed by atoms with Crippen LogP contribution in [0.3, 0.4) is 0 Å². The Balaban J connectivity index is -0.000000102. The molecular formula is C24H55N3O2. The van der Waals surface area contributed by atoms with E-state index in [9.17, 15) is 4.79 Å². The lowest BCUT2D eigenvalue weighted by Crippen LogP contribution is -2.31. The number of nitriles is 1. The molecule has 1 unspecified atom stereocenters. The number of nitrogens with zero attached hydrogens (tertiary/aromatic N) is 2. The van der Waals surface area contributed by atoms with Crippen molar-refractivity contribution in [1.82, 2.24) is 4.90 Å². The van der Waals surface area contributed by atoms with Crippen LogP contribution < -0.4 is 5.73 Å². The largest absolute Gasteiger partial charge is 0.385 e. The van der Waals surface area contributed by atoms with Crippen molar-refractivity contribution in [2.45, 2.75) is 107 Å². The highest BCUT2D eigenvalue weighted by molar-refractivity contribution is 5.48. The topological polar surface area (TPSA) is 79.3 Å². The van der Waals surface area contributed by atoms with Gasteiger partial charge in [-0.1, -0.05) is 81.6 Å². The summed E-state index contributed by atoms with van der Waals surface area (Å²) in [5.41, 5.74) is 4.85. The maximum atomic E-state index is 10.3. The summed E-state index contributed by atoms with van der Waals surface area (Å²) >= 11 is 0.